The van der Waals surface area contributed by atoms with E-state index in [1.165, 1.54) is 0 Å². The molecular weight excluding hydrogens is 254 g/mol. The molecule has 1 aliphatic rings. The van der Waals surface area contributed by atoms with E-state index in [2.05, 4.69) is 19.2 Å². The molecule has 0 unspecified atom stereocenters. The van der Waals surface area contributed by atoms with Crippen LogP contribution in [0.15, 0.2) is 0 Å². The van der Waals surface area contributed by atoms with Crippen molar-refractivity contribution in [2.75, 3.05) is 0 Å². The third-order valence-corrected chi connectivity index (χ3v) is 4.86. The number of hydrogen-bond acceptors (Lipinski definition) is 2. The number of nitrogens with one attached hydrogen (secondary N) is 1. The number of amides is 1. The molecule has 2 atom stereocenters. The van der Waals surface area contributed by atoms with Gasteiger partial charge in [-0.1, -0.05) is 34.1 Å². The van der Waals surface area contributed by atoms with Crippen LogP contribution >= 0.6 is 0 Å². The highest BCUT2D eigenvalue weighted by Gasteiger charge is 2.31. The highest BCUT2D eigenvalue weighted by atomic mass is 16.4. The first-order chi connectivity index (χ1) is 9.36. The summed E-state index contributed by atoms with van der Waals surface area (Å²) in [6, 6.07) is -0.754. The first-order valence-electron chi connectivity index (χ1n) is 7.89. The Bertz CT molecular complexity index is 333. The van der Waals surface area contributed by atoms with Crippen LogP contribution in [0.3, 0.4) is 0 Å². The molecule has 0 aromatic rings. The van der Waals surface area contributed by atoms with Crippen LogP contribution in [0.4, 0.5) is 0 Å². The maximum atomic E-state index is 12.2. The van der Waals surface area contributed by atoms with Gasteiger partial charge in [0.05, 0.1) is 0 Å². The largest absolute Gasteiger partial charge is 0.480 e. The van der Waals surface area contributed by atoms with Crippen LogP contribution in [0, 0.1) is 23.7 Å². The minimum atomic E-state index is -0.927. The van der Waals surface area contributed by atoms with Crippen molar-refractivity contribution in [3.05, 3.63) is 0 Å². The van der Waals surface area contributed by atoms with E-state index < -0.39 is 12.0 Å². The molecular formula is C16H29NO3. The normalized spacial score (nSPS) is 26.1. The van der Waals surface area contributed by atoms with E-state index in [-0.39, 0.29) is 17.7 Å². The minimum Gasteiger partial charge on any atom is -0.480 e. The average molecular weight is 283 g/mol. The third kappa shape index (κ3) is 4.50. The summed E-state index contributed by atoms with van der Waals surface area (Å²) < 4.78 is 0. The number of rotatable bonds is 6. The molecule has 20 heavy (non-hydrogen) atoms. The van der Waals surface area contributed by atoms with Gasteiger partial charge in [0.25, 0.3) is 0 Å². The predicted molar refractivity (Wildman–Crippen MR) is 79.3 cm³/mol. The van der Waals surface area contributed by atoms with E-state index in [1.54, 1.807) is 0 Å². The molecule has 1 amide bonds. The van der Waals surface area contributed by atoms with Gasteiger partial charge in [-0.3, -0.25) is 4.79 Å². The second kappa shape index (κ2) is 7.65. The Kier molecular flexibility index (Phi) is 6.50. The van der Waals surface area contributed by atoms with Gasteiger partial charge in [-0.15, -0.1) is 0 Å². The lowest BCUT2D eigenvalue weighted by Crippen LogP contribution is -2.47. The van der Waals surface area contributed by atoms with Crippen molar-refractivity contribution >= 4 is 11.9 Å². The van der Waals surface area contributed by atoms with Crippen molar-refractivity contribution < 1.29 is 14.7 Å². The van der Waals surface area contributed by atoms with Crippen molar-refractivity contribution in [1.82, 2.24) is 5.32 Å². The molecule has 0 saturated heterocycles. The number of carbonyl (C=O) groups excluding carboxylic acids is 1. The molecule has 116 valence electrons. The van der Waals surface area contributed by atoms with Crippen LogP contribution in [0.2, 0.25) is 0 Å². The average Bonchev–Trinajstić information content (AvgIpc) is 2.43. The predicted octanol–water partition coefficient (Wildman–Crippen LogP) is 3.06. The smallest absolute Gasteiger partial charge is 0.326 e. The zero-order valence-corrected chi connectivity index (χ0v) is 13.2. The molecule has 4 nitrogen and oxygen atoms in total. The molecule has 2 N–H and O–H groups in total. The van der Waals surface area contributed by atoms with Gasteiger partial charge in [0.1, 0.15) is 6.04 Å². The summed E-state index contributed by atoms with van der Waals surface area (Å²) >= 11 is 0. The van der Waals surface area contributed by atoms with Gasteiger partial charge >= 0.3 is 5.97 Å². The Hall–Kier alpha value is -1.06. The maximum absolute atomic E-state index is 12.2. The molecule has 0 bridgehead atoms. The SMILES string of the molecule is CC[C@@H](C)[C@@H](NC(=O)C1CCC(C(C)C)CC1)C(=O)O. The zero-order chi connectivity index (χ0) is 15.3. The highest BCUT2D eigenvalue weighted by Crippen LogP contribution is 2.33. The third-order valence-electron chi connectivity index (χ3n) is 4.86. The monoisotopic (exact) mass is 283 g/mol. The molecule has 1 aliphatic carbocycles. The summed E-state index contributed by atoms with van der Waals surface area (Å²) in [7, 11) is 0. The maximum Gasteiger partial charge on any atom is 0.326 e. The summed E-state index contributed by atoms with van der Waals surface area (Å²) in [6.07, 6.45) is 4.69. The van der Waals surface area contributed by atoms with Crippen LogP contribution in [-0.4, -0.2) is 23.0 Å². The summed E-state index contributed by atoms with van der Waals surface area (Å²) in [5.41, 5.74) is 0. The summed E-state index contributed by atoms with van der Waals surface area (Å²) in [4.78, 5) is 23.5. The lowest BCUT2D eigenvalue weighted by atomic mass is 9.76. The topological polar surface area (TPSA) is 66.4 Å². The van der Waals surface area contributed by atoms with Gasteiger partial charge in [-0.05, 0) is 43.4 Å². The number of carboxylic acid groups (broad SMARTS) is 1. The van der Waals surface area contributed by atoms with E-state index in [0.29, 0.717) is 11.8 Å². The van der Waals surface area contributed by atoms with Gasteiger partial charge < -0.3 is 10.4 Å². The van der Waals surface area contributed by atoms with Crippen molar-refractivity contribution in [3.8, 4) is 0 Å². The van der Waals surface area contributed by atoms with Crippen molar-refractivity contribution in [2.24, 2.45) is 23.7 Å². The van der Waals surface area contributed by atoms with Crippen LogP contribution in [0.25, 0.3) is 0 Å². The van der Waals surface area contributed by atoms with Gasteiger partial charge in [0, 0.05) is 5.92 Å². The zero-order valence-electron chi connectivity index (χ0n) is 13.2. The van der Waals surface area contributed by atoms with E-state index in [4.69, 9.17) is 0 Å². The van der Waals surface area contributed by atoms with Gasteiger partial charge in [-0.2, -0.15) is 0 Å². The van der Waals surface area contributed by atoms with E-state index in [0.717, 1.165) is 32.1 Å². The van der Waals surface area contributed by atoms with Crippen molar-refractivity contribution in [1.29, 1.82) is 0 Å². The molecule has 1 saturated carbocycles. The molecule has 0 aromatic heterocycles. The second-order valence-electron chi connectivity index (χ2n) is 6.57. The van der Waals surface area contributed by atoms with E-state index in [1.807, 2.05) is 13.8 Å². The molecule has 1 rings (SSSR count). The standard InChI is InChI=1S/C16H29NO3/c1-5-11(4)14(16(19)20)17-15(18)13-8-6-12(7-9-13)10(2)3/h10-14H,5-9H2,1-4H3,(H,17,18)(H,19,20)/t11-,12?,13?,14-/m1/s1. The Labute approximate surface area is 122 Å². The fourth-order valence-corrected chi connectivity index (χ4v) is 3.00. The van der Waals surface area contributed by atoms with Gasteiger partial charge in [-0.25, -0.2) is 4.79 Å². The Balaban J connectivity index is 2.52. The Morgan fingerprint density at radius 2 is 1.70 bits per heavy atom. The fourth-order valence-electron chi connectivity index (χ4n) is 3.00. The lowest BCUT2D eigenvalue weighted by Gasteiger charge is -2.31. The summed E-state index contributed by atoms with van der Waals surface area (Å²) in [5, 5.41) is 12.0. The first kappa shape index (κ1) is 17.0. The molecule has 0 aliphatic heterocycles. The molecule has 0 radical (unpaired) electrons. The van der Waals surface area contributed by atoms with Crippen LogP contribution in [0.5, 0.6) is 0 Å². The quantitative estimate of drug-likeness (QED) is 0.787. The number of carboxylic acids is 1. The lowest BCUT2D eigenvalue weighted by molar-refractivity contribution is -0.144. The van der Waals surface area contributed by atoms with Crippen molar-refractivity contribution in [3.63, 3.8) is 0 Å². The van der Waals surface area contributed by atoms with Crippen molar-refractivity contribution in [2.45, 2.75) is 65.8 Å². The Morgan fingerprint density at radius 1 is 1.15 bits per heavy atom. The molecule has 0 heterocycles. The fraction of sp³-hybridized carbons (Fsp3) is 0.875. The molecule has 4 heteroatoms. The number of hydrogen-bond donors (Lipinski definition) is 2. The van der Waals surface area contributed by atoms with E-state index in [9.17, 15) is 14.7 Å². The molecule has 0 spiro atoms. The first-order valence-corrected chi connectivity index (χ1v) is 7.89. The Morgan fingerprint density at radius 3 is 2.10 bits per heavy atom. The minimum absolute atomic E-state index is 0.00379. The number of aliphatic carboxylic acids is 1. The second-order valence-corrected chi connectivity index (χ2v) is 6.57. The summed E-state index contributed by atoms with van der Waals surface area (Å²) in [6.45, 7) is 8.28. The summed E-state index contributed by atoms with van der Waals surface area (Å²) in [5.74, 6) is 0.345. The van der Waals surface area contributed by atoms with Gasteiger partial charge in [0.15, 0.2) is 0 Å². The van der Waals surface area contributed by atoms with E-state index >= 15 is 0 Å². The van der Waals surface area contributed by atoms with Crippen LogP contribution in [-0.2, 0) is 9.59 Å². The van der Waals surface area contributed by atoms with Crippen LogP contribution < -0.4 is 5.32 Å². The molecule has 0 aromatic carbocycles. The van der Waals surface area contributed by atoms with Gasteiger partial charge in [0.2, 0.25) is 5.91 Å². The number of carbonyl (C=O) groups is 2. The van der Waals surface area contributed by atoms with Crippen LogP contribution in [0.1, 0.15) is 59.8 Å². The molecule has 1 fully saturated rings. The highest BCUT2D eigenvalue weighted by molar-refractivity contribution is 5.85.